The number of phenolic OH excluding ortho intramolecular Hbond substituents is 1. The second kappa shape index (κ2) is 7.19. The number of amides is 1. The molecule has 7 nitrogen and oxygen atoms in total. The van der Waals surface area contributed by atoms with Gasteiger partial charge in [0, 0.05) is 26.2 Å². The number of carbonyl (C=O) groups is 1. The zero-order valence-electron chi connectivity index (χ0n) is 14.8. The minimum Gasteiger partial charge on any atom is -0.504 e. The third-order valence-electron chi connectivity index (χ3n) is 5.18. The van der Waals surface area contributed by atoms with Crippen LogP contribution in [-0.2, 0) is 9.53 Å². The molecule has 138 valence electrons. The summed E-state index contributed by atoms with van der Waals surface area (Å²) in [6.45, 7) is 3.68. The van der Waals surface area contributed by atoms with Gasteiger partial charge >= 0.3 is 0 Å². The normalized spacial score (nSPS) is 22.0. The van der Waals surface area contributed by atoms with E-state index in [1.807, 2.05) is 0 Å². The molecule has 0 radical (unpaired) electrons. The van der Waals surface area contributed by atoms with E-state index in [9.17, 15) is 15.0 Å². The lowest BCUT2D eigenvalue weighted by atomic mass is 9.89. The van der Waals surface area contributed by atoms with Crippen molar-refractivity contribution in [1.29, 1.82) is 0 Å². The molecule has 1 spiro atoms. The molecule has 2 saturated heterocycles. The topological polar surface area (TPSA) is 82.5 Å². The fourth-order valence-electron chi connectivity index (χ4n) is 3.65. The summed E-state index contributed by atoms with van der Waals surface area (Å²) in [6, 6.07) is 4.44. The lowest BCUT2D eigenvalue weighted by Gasteiger charge is -2.46. The Hall–Kier alpha value is -1.83. The molecule has 2 N–H and O–H groups in total. The molecular formula is C18H26N2O5. The Balaban J connectivity index is 1.64. The van der Waals surface area contributed by atoms with E-state index in [1.165, 1.54) is 25.3 Å². The molecule has 1 atom stereocenters. The molecule has 2 fully saturated rings. The van der Waals surface area contributed by atoms with Gasteiger partial charge in [-0.25, -0.2) is 0 Å². The third-order valence-corrected chi connectivity index (χ3v) is 5.18. The Labute approximate surface area is 147 Å². The third kappa shape index (κ3) is 3.73. The average molecular weight is 350 g/mol. The number of morpholine rings is 1. The van der Waals surface area contributed by atoms with Crippen molar-refractivity contribution in [3.8, 4) is 11.5 Å². The number of likely N-dealkylation sites (N-methyl/N-ethyl adjacent to an activating group) is 1. The van der Waals surface area contributed by atoms with Crippen molar-refractivity contribution in [2.24, 2.45) is 0 Å². The van der Waals surface area contributed by atoms with E-state index in [2.05, 4.69) is 11.9 Å². The quantitative estimate of drug-likeness (QED) is 0.837. The van der Waals surface area contributed by atoms with Crippen LogP contribution in [0.1, 0.15) is 24.5 Å². The number of phenols is 1. The summed E-state index contributed by atoms with van der Waals surface area (Å²) in [7, 11) is 3.52. The second-order valence-electron chi connectivity index (χ2n) is 6.93. The predicted octanol–water partition coefficient (Wildman–Crippen LogP) is 0.757. The first-order chi connectivity index (χ1) is 11.9. The van der Waals surface area contributed by atoms with Crippen LogP contribution in [0.4, 0.5) is 0 Å². The van der Waals surface area contributed by atoms with E-state index < -0.39 is 6.10 Å². The van der Waals surface area contributed by atoms with Crippen molar-refractivity contribution in [3.63, 3.8) is 0 Å². The van der Waals surface area contributed by atoms with Crippen LogP contribution in [0.25, 0.3) is 0 Å². The fourth-order valence-corrected chi connectivity index (χ4v) is 3.65. The molecule has 0 bridgehead atoms. The molecular weight excluding hydrogens is 324 g/mol. The first-order valence-electron chi connectivity index (χ1n) is 8.60. The predicted molar refractivity (Wildman–Crippen MR) is 91.6 cm³/mol. The monoisotopic (exact) mass is 350 g/mol. The van der Waals surface area contributed by atoms with Crippen molar-refractivity contribution in [2.75, 3.05) is 46.9 Å². The highest BCUT2D eigenvalue weighted by Crippen LogP contribution is 2.32. The van der Waals surface area contributed by atoms with Crippen LogP contribution in [0.2, 0.25) is 0 Å². The van der Waals surface area contributed by atoms with Crippen LogP contribution in [0.15, 0.2) is 18.2 Å². The van der Waals surface area contributed by atoms with Crippen molar-refractivity contribution in [1.82, 2.24) is 9.80 Å². The maximum atomic E-state index is 12.6. The number of aliphatic hydroxyl groups excluding tert-OH is 1. The van der Waals surface area contributed by atoms with E-state index in [0.29, 0.717) is 18.7 Å². The van der Waals surface area contributed by atoms with Gasteiger partial charge in [0.15, 0.2) is 17.6 Å². The minimum absolute atomic E-state index is 0.0237. The van der Waals surface area contributed by atoms with E-state index in [4.69, 9.17) is 9.47 Å². The number of ether oxygens (including phenoxy) is 2. The number of aromatic hydroxyl groups is 1. The Morgan fingerprint density at radius 3 is 2.68 bits per heavy atom. The van der Waals surface area contributed by atoms with Crippen LogP contribution in [0.5, 0.6) is 11.5 Å². The minimum atomic E-state index is -1.27. The SMILES string of the molecule is COc1cc(C(O)C(=O)N2CCC3(CC2)CN(C)CCO3)ccc1O. The zero-order chi connectivity index (χ0) is 18.0. The van der Waals surface area contributed by atoms with Crippen LogP contribution in [0, 0.1) is 0 Å². The summed E-state index contributed by atoms with van der Waals surface area (Å²) in [4.78, 5) is 16.6. The van der Waals surface area contributed by atoms with Crippen LogP contribution in [0.3, 0.4) is 0 Å². The molecule has 3 rings (SSSR count). The number of hydrogen-bond donors (Lipinski definition) is 2. The molecule has 25 heavy (non-hydrogen) atoms. The van der Waals surface area contributed by atoms with Gasteiger partial charge in [-0.2, -0.15) is 0 Å². The lowest BCUT2D eigenvalue weighted by Crippen LogP contribution is -2.57. The molecule has 1 aromatic rings. The number of hydrogen-bond acceptors (Lipinski definition) is 6. The highest BCUT2D eigenvalue weighted by molar-refractivity contribution is 5.82. The molecule has 0 aromatic heterocycles. The fraction of sp³-hybridized carbons (Fsp3) is 0.611. The standard InChI is InChI=1S/C18H26N2O5/c1-19-9-10-25-18(12-19)5-7-20(8-6-18)17(23)16(22)13-3-4-14(21)15(11-13)24-2/h3-4,11,16,21-22H,5-10,12H2,1-2H3. The number of methoxy groups -OCH3 is 1. The zero-order valence-corrected chi connectivity index (χ0v) is 14.8. The van der Waals surface area contributed by atoms with Gasteiger partial charge in [-0.15, -0.1) is 0 Å². The molecule has 0 aliphatic carbocycles. The molecule has 2 heterocycles. The van der Waals surface area contributed by atoms with Gasteiger partial charge in [-0.3, -0.25) is 4.79 Å². The molecule has 2 aliphatic rings. The van der Waals surface area contributed by atoms with Crippen LogP contribution in [-0.4, -0.2) is 78.5 Å². The van der Waals surface area contributed by atoms with Crippen LogP contribution < -0.4 is 4.74 Å². The first kappa shape index (κ1) is 18.0. The van der Waals surface area contributed by atoms with E-state index >= 15 is 0 Å². The number of benzene rings is 1. The van der Waals surface area contributed by atoms with Gasteiger partial charge in [0.05, 0.1) is 19.3 Å². The number of rotatable bonds is 3. The summed E-state index contributed by atoms with van der Waals surface area (Å²) in [5.74, 6) is -0.114. The van der Waals surface area contributed by atoms with Crippen molar-refractivity contribution >= 4 is 5.91 Å². The summed E-state index contributed by atoms with van der Waals surface area (Å²) >= 11 is 0. The van der Waals surface area contributed by atoms with E-state index in [0.717, 1.165) is 32.5 Å². The van der Waals surface area contributed by atoms with Gasteiger partial charge in [0.25, 0.3) is 5.91 Å². The number of aliphatic hydroxyl groups is 1. The molecule has 2 aliphatic heterocycles. The number of likely N-dealkylation sites (tertiary alicyclic amines) is 1. The second-order valence-corrected chi connectivity index (χ2v) is 6.93. The maximum absolute atomic E-state index is 12.6. The van der Waals surface area contributed by atoms with Gasteiger partial charge in [-0.05, 0) is 37.6 Å². The number of nitrogens with zero attached hydrogens (tertiary/aromatic N) is 2. The first-order valence-corrected chi connectivity index (χ1v) is 8.60. The molecule has 7 heteroatoms. The van der Waals surface area contributed by atoms with Gasteiger partial charge in [0.2, 0.25) is 0 Å². The van der Waals surface area contributed by atoms with Gasteiger partial charge < -0.3 is 29.5 Å². The van der Waals surface area contributed by atoms with Gasteiger partial charge in [-0.1, -0.05) is 6.07 Å². The molecule has 1 aromatic carbocycles. The Morgan fingerprint density at radius 1 is 1.32 bits per heavy atom. The number of carbonyl (C=O) groups excluding carboxylic acids is 1. The highest BCUT2D eigenvalue weighted by Gasteiger charge is 2.40. The van der Waals surface area contributed by atoms with E-state index in [-0.39, 0.29) is 23.0 Å². The van der Waals surface area contributed by atoms with E-state index in [1.54, 1.807) is 4.90 Å². The summed E-state index contributed by atoms with van der Waals surface area (Å²) in [5.41, 5.74) is 0.241. The Morgan fingerprint density at radius 2 is 2.04 bits per heavy atom. The lowest BCUT2D eigenvalue weighted by molar-refractivity contribution is -0.155. The summed E-state index contributed by atoms with van der Waals surface area (Å²) < 4.78 is 11.0. The smallest absolute Gasteiger partial charge is 0.256 e. The average Bonchev–Trinajstić information content (AvgIpc) is 2.61. The molecule has 1 unspecified atom stereocenters. The largest absolute Gasteiger partial charge is 0.504 e. The maximum Gasteiger partial charge on any atom is 0.256 e. The summed E-state index contributed by atoms with van der Waals surface area (Å²) in [5, 5.41) is 20.1. The number of piperidine rings is 1. The molecule has 0 saturated carbocycles. The van der Waals surface area contributed by atoms with Crippen LogP contribution >= 0.6 is 0 Å². The highest BCUT2D eigenvalue weighted by atomic mass is 16.5. The van der Waals surface area contributed by atoms with Crippen molar-refractivity contribution in [2.45, 2.75) is 24.5 Å². The Kier molecular flexibility index (Phi) is 5.17. The molecule has 1 amide bonds. The van der Waals surface area contributed by atoms with Gasteiger partial charge in [0.1, 0.15) is 0 Å². The Bertz CT molecular complexity index is 628. The summed E-state index contributed by atoms with van der Waals surface area (Å²) in [6.07, 6.45) is 0.280. The van der Waals surface area contributed by atoms with Crippen molar-refractivity contribution in [3.05, 3.63) is 23.8 Å². The van der Waals surface area contributed by atoms with Crippen molar-refractivity contribution < 1.29 is 24.5 Å².